The van der Waals surface area contributed by atoms with Gasteiger partial charge in [0.05, 0.1) is 0 Å². The van der Waals surface area contributed by atoms with E-state index in [9.17, 15) is 4.79 Å². The molecule has 3 nitrogen and oxygen atoms in total. The molecule has 1 aliphatic heterocycles. The Bertz CT molecular complexity index is 730. The minimum atomic E-state index is -0.189. The Morgan fingerprint density at radius 2 is 1.92 bits per heavy atom. The van der Waals surface area contributed by atoms with Crippen LogP contribution >= 0.6 is 0 Å². The Labute approximate surface area is 156 Å². The van der Waals surface area contributed by atoms with Crippen LogP contribution in [-0.2, 0) is 11.3 Å². The zero-order valence-corrected chi connectivity index (χ0v) is 16.0. The number of carbonyl (C=O) groups is 1. The van der Waals surface area contributed by atoms with Crippen LogP contribution in [-0.4, -0.2) is 38.4 Å². The number of likely N-dealkylation sites (tertiary alicyclic amines) is 1. The molecule has 0 aliphatic carbocycles. The van der Waals surface area contributed by atoms with E-state index in [0.29, 0.717) is 15.0 Å². The number of primary amides is 1. The van der Waals surface area contributed by atoms with Crippen molar-refractivity contribution in [1.29, 1.82) is 0 Å². The molecule has 1 aliphatic rings. The summed E-state index contributed by atoms with van der Waals surface area (Å²) in [5.41, 5.74) is 8.13. The van der Waals surface area contributed by atoms with Crippen LogP contribution in [0.2, 0.25) is 5.32 Å². The van der Waals surface area contributed by atoms with Crippen molar-refractivity contribution in [2.45, 2.75) is 30.7 Å². The molecule has 2 aromatic carbocycles. The summed E-state index contributed by atoms with van der Waals surface area (Å²) < 4.78 is 1.42. The quantitative estimate of drug-likeness (QED) is 0.728. The number of nitrogens with two attached hydrogens (primary N) is 1. The predicted octanol–water partition coefficient (Wildman–Crippen LogP) is 2.60. The van der Waals surface area contributed by atoms with Gasteiger partial charge in [-0.1, -0.05) is 0 Å². The molecule has 3 rings (SSSR count). The van der Waals surface area contributed by atoms with E-state index >= 15 is 0 Å². The Kier molecular flexibility index (Phi) is 6.46. The first-order valence-corrected chi connectivity index (χ1v) is 10.8. The molecule has 0 unspecified atom stereocenters. The van der Waals surface area contributed by atoms with Gasteiger partial charge >= 0.3 is 156 Å². The van der Waals surface area contributed by atoms with Crippen molar-refractivity contribution in [3.8, 4) is 0 Å². The van der Waals surface area contributed by atoms with E-state index in [2.05, 4.69) is 65.6 Å². The Morgan fingerprint density at radius 3 is 2.72 bits per heavy atom. The van der Waals surface area contributed by atoms with Crippen molar-refractivity contribution >= 4 is 31.4 Å². The second-order valence-electron chi connectivity index (χ2n) is 6.26. The van der Waals surface area contributed by atoms with Crippen molar-refractivity contribution in [3.63, 3.8) is 0 Å². The monoisotopic (exact) mass is 400 g/mol. The summed E-state index contributed by atoms with van der Waals surface area (Å²) >= 11 is 0.393. The first kappa shape index (κ1) is 17.9. The van der Waals surface area contributed by atoms with Crippen molar-refractivity contribution < 1.29 is 4.79 Å². The summed E-state index contributed by atoms with van der Waals surface area (Å²) in [5.74, 6) is -0.189. The summed E-state index contributed by atoms with van der Waals surface area (Å²) in [6, 6.07) is 18.9. The van der Waals surface area contributed by atoms with E-state index in [1.807, 2.05) is 6.07 Å². The SMILES string of the molecule is NC(=O)[C@@H]1CCCN1Cc1ccccc1[Se]C/C=C/c1ccccc1. The van der Waals surface area contributed by atoms with Crippen LogP contribution in [0.4, 0.5) is 0 Å². The molecule has 1 saturated heterocycles. The van der Waals surface area contributed by atoms with Gasteiger partial charge < -0.3 is 0 Å². The van der Waals surface area contributed by atoms with E-state index in [-0.39, 0.29) is 11.9 Å². The summed E-state index contributed by atoms with van der Waals surface area (Å²) in [4.78, 5) is 13.8. The van der Waals surface area contributed by atoms with Crippen LogP contribution in [0.5, 0.6) is 0 Å². The molecular formula is C21H24N2OSe. The zero-order chi connectivity index (χ0) is 17.5. The van der Waals surface area contributed by atoms with Crippen molar-refractivity contribution in [3.05, 3.63) is 71.8 Å². The van der Waals surface area contributed by atoms with Gasteiger partial charge in [0, 0.05) is 0 Å². The van der Waals surface area contributed by atoms with Gasteiger partial charge in [-0.05, 0) is 0 Å². The number of benzene rings is 2. The Hall–Kier alpha value is -1.87. The second-order valence-corrected chi connectivity index (χ2v) is 8.49. The molecule has 1 amide bonds. The fourth-order valence-electron chi connectivity index (χ4n) is 3.22. The summed E-state index contributed by atoms with van der Waals surface area (Å²) in [5, 5.41) is 1.07. The van der Waals surface area contributed by atoms with Crippen LogP contribution in [0.15, 0.2) is 60.7 Å². The van der Waals surface area contributed by atoms with Crippen molar-refractivity contribution in [1.82, 2.24) is 4.90 Å². The first-order chi connectivity index (χ1) is 12.2. The molecule has 2 aromatic rings. The van der Waals surface area contributed by atoms with Gasteiger partial charge in [0.1, 0.15) is 0 Å². The topological polar surface area (TPSA) is 46.3 Å². The third-order valence-corrected chi connectivity index (χ3v) is 6.72. The average molecular weight is 399 g/mol. The van der Waals surface area contributed by atoms with Gasteiger partial charge in [-0.3, -0.25) is 0 Å². The molecule has 130 valence electrons. The molecule has 1 atom stereocenters. The number of amides is 1. The third-order valence-electron chi connectivity index (χ3n) is 4.48. The summed E-state index contributed by atoms with van der Waals surface area (Å²) in [6.07, 6.45) is 6.39. The van der Waals surface area contributed by atoms with Crippen LogP contribution in [0, 0.1) is 0 Å². The van der Waals surface area contributed by atoms with Gasteiger partial charge in [0.25, 0.3) is 0 Å². The number of hydrogen-bond acceptors (Lipinski definition) is 2. The van der Waals surface area contributed by atoms with E-state index in [0.717, 1.165) is 31.3 Å². The first-order valence-electron chi connectivity index (χ1n) is 8.70. The van der Waals surface area contributed by atoms with E-state index in [1.165, 1.54) is 15.6 Å². The fourth-order valence-corrected chi connectivity index (χ4v) is 5.03. The molecule has 1 fully saturated rings. The van der Waals surface area contributed by atoms with Crippen LogP contribution in [0.3, 0.4) is 0 Å². The molecule has 0 saturated carbocycles. The standard InChI is InChI=1S/C21H24N2OSe/c22-21(24)19-12-6-14-23(19)16-18-11-4-5-13-20(18)25-15-7-10-17-8-2-1-3-9-17/h1-5,7-11,13,19H,6,12,14-16H2,(H2,22,24)/b10-7+/t19-/m0/s1. The molecular weight excluding hydrogens is 375 g/mol. The Morgan fingerprint density at radius 1 is 1.16 bits per heavy atom. The predicted molar refractivity (Wildman–Crippen MR) is 105 cm³/mol. The van der Waals surface area contributed by atoms with Gasteiger partial charge in [-0.15, -0.1) is 0 Å². The van der Waals surface area contributed by atoms with E-state index in [1.54, 1.807) is 0 Å². The van der Waals surface area contributed by atoms with Crippen LogP contribution in [0.25, 0.3) is 6.08 Å². The number of rotatable bonds is 7. The molecule has 1 heterocycles. The van der Waals surface area contributed by atoms with Gasteiger partial charge in [-0.25, -0.2) is 0 Å². The average Bonchev–Trinajstić information content (AvgIpc) is 3.09. The number of nitrogens with zero attached hydrogens (tertiary/aromatic N) is 1. The van der Waals surface area contributed by atoms with E-state index < -0.39 is 0 Å². The van der Waals surface area contributed by atoms with Gasteiger partial charge in [-0.2, -0.15) is 0 Å². The maximum absolute atomic E-state index is 11.6. The van der Waals surface area contributed by atoms with Crippen molar-refractivity contribution in [2.75, 3.05) is 6.54 Å². The molecule has 2 N–H and O–H groups in total. The zero-order valence-electron chi connectivity index (χ0n) is 14.3. The molecule has 25 heavy (non-hydrogen) atoms. The Balaban J connectivity index is 1.61. The minimum absolute atomic E-state index is 0.0986. The molecule has 0 bridgehead atoms. The van der Waals surface area contributed by atoms with Crippen LogP contribution in [0.1, 0.15) is 24.0 Å². The van der Waals surface area contributed by atoms with Crippen LogP contribution < -0.4 is 10.2 Å². The number of allylic oxidation sites excluding steroid dienone is 1. The van der Waals surface area contributed by atoms with Crippen molar-refractivity contribution in [2.24, 2.45) is 5.73 Å². The third kappa shape index (κ3) is 5.05. The summed E-state index contributed by atoms with van der Waals surface area (Å²) in [6.45, 7) is 1.79. The van der Waals surface area contributed by atoms with Gasteiger partial charge in [0.15, 0.2) is 0 Å². The molecule has 0 radical (unpaired) electrons. The molecule has 0 spiro atoms. The summed E-state index contributed by atoms with van der Waals surface area (Å²) in [7, 11) is 0. The fraction of sp³-hybridized carbons (Fsp3) is 0.286. The van der Waals surface area contributed by atoms with E-state index in [4.69, 9.17) is 5.73 Å². The van der Waals surface area contributed by atoms with Gasteiger partial charge in [0.2, 0.25) is 0 Å². The molecule has 0 aromatic heterocycles. The number of hydrogen-bond donors (Lipinski definition) is 1. The maximum atomic E-state index is 11.6. The normalized spacial score (nSPS) is 18.0. The number of carbonyl (C=O) groups excluding carboxylic acids is 1. The molecule has 4 heteroatoms. The second kappa shape index (κ2) is 9.00.